The van der Waals surface area contributed by atoms with Gasteiger partial charge in [-0.15, -0.1) is 10.2 Å². The number of aromatic amines is 1. The van der Waals surface area contributed by atoms with Gasteiger partial charge in [0.1, 0.15) is 17.4 Å². The summed E-state index contributed by atoms with van der Waals surface area (Å²) in [4.78, 5) is 0. The number of nitriles is 1. The quantitative estimate of drug-likeness (QED) is 0.579. The average molecular weight is 270 g/mol. The fraction of sp³-hybridized carbons (Fsp3) is 0.231. The Morgan fingerprint density at radius 2 is 2.30 bits per heavy atom. The van der Waals surface area contributed by atoms with E-state index in [1.54, 1.807) is 6.07 Å². The number of phenols is 1. The van der Waals surface area contributed by atoms with E-state index in [9.17, 15) is 5.11 Å². The molecule has 1 aromatic carbocycles. The molecule has 0 saturated heterocycles. The summed E-state index contributed by atoms with van der Waals surface area (Å²) in [7, 11) is 0. The van der Waals surface area contributed by atoms with Gasteiger partial charge < -0.3 is 10.4 Å². The molecule has 0 aliphatic rings. The third-order valence-electron chi connectivity index (χ3n) is 2.77. The molecule has 0 spiro atoms. The van der Waals surface area contributed by atoms with Gasteiger partial charge in [-0.05, 0) is 28.8 Å². The van der Waals surface area contributed by atoms with Crippen LogP contribution in [0.25, 0.3) is 5.57 Å². The van der Waals surface area contributed by atoms with Gasteiger partial charge in [0.2, 0.25) is 5.82 Å². The Bertz CT molecular complexity index is 654. The van der Waals surface area contributed by atoms with Crippen molar-refractivity contribution < 1.29 is 5.11 Å². The Morgan fingerprint density at radius 1 is 1.50 bits per heavy atom. The van der Waals surface area contributed by atoms with Crippen LogP contribution in [0.3, 0.4) is 0 Å². The number of aromatic hydroxyl groups is 1. The van der Waals surface area contributed by atoms with Crippen LogP contribution in [0.15, 0.2) is 24.4 Å². The van der Waals surface area contributed by atoms with E-state index in [-0.39, 0.29) is 17.1 Å². The maximum Gasteiger partial charge on any atom is 0.216 e. The molecule has 2 rings (SSSR count). The van der Waals surface area contributed by atoms with Crippen LogP contribution in [0.2, 0.25) is 0 Å². The first-order chi connectivity index (χ1) is 9.61. The third kappa shape index (κ3) is 2.92. The summed E-state index contributed by atoms with van der Waals surface area (Å²) in [5.41, 5.74) is 1.82. The Kier molecular flexibility index (Phi) is 3.96. The van der Waals surface area contributed by atoms with Gasteiger partial charge in [0.25, 0.3) is 0 Å². The number of phenolic OH excluding ortho intramolecular Hbond substituents is 1. The van der Waals surface area contributed by atoms with Gasteiger partial charge in [-0.1, -0.05) is 19.9 Å². The summed E-state index contributed by atoms with van der Waals surface area (Å²) < 4.78 is 0. The van der Waals surface area contributed by atoms with Crippen LogP contribution in [0, 0.1) is 11.3 Å². The zero-order valence-electron chi connectivity index (χ0n) is 11.1. The molecule has 0 bridgehead atoms. The van der Waals surface area contributed by atoms with E-state index in [1.807, 2.05) is 18.2 Å². The zero-order chi connectivity index (χ0) is 14.5. The molecule has 0 saturated carbocycles. The van der Waals surface area contributed by atoms with E-state index < -0.39 is 0 Å². The number of aromatic nitrogens is 4. The summed E-state index contributed by atoms with van der Waals surface area (Å²) in [6, 6.07) is 7.28. The first kappa shape index (κ1) is 13.5. The fourth-order valence-electron chi connectivity index (χ4n) is 1.60. The highest BCUT2D eigenvalue weighted by atomic mass is 16.3. The van der Waals surface area contributed by atoms with Crippen molar-refractivity contribution in [2.45, 2.75) is 19.8 Å². The number of hydrogen-bond acceptors (Lipinski definition) is 6. The lowest BCUT2D eigenvalue weighted by Crippen LogP contribution is -1.95. The summed E-state index contributed by atoms with van der Waals surface area (Å²) in [6.45, 7) is 4.12. The van der Waals surface area contributed by atoms with Gasteiger partial charge in [0.05, 0.1) is 5.69 Å². The van der Waals surface area contributed by atoms with Crippen molar-refractivity contribution in [2.75, 3.05) is 5.32 Å². The molecular weight excluding hydrogens is 256 g/mol. The van der Waals surface area contributed by atoms with Crippen LogP contribution in [0.1, 0.15) is 31.2 Å². The average Bonchev–Trinajstić information content (AvgIpc) is 2.95. The van der Waals surface area contributed by atoms with Crippen LogP contribution < -0.4 is 5.32 Å². The number of hydrogen-bond donors (Lipinski definition) is 3. The topological polar surface area (TPSA) is 111 Å². The van der Waals surface area contributed by atoms with E-state index in [0.29, 0.717) is 11.6 Å². The monoisotopic (exact) mass is 270 g/mol. The first-order valence-corrected chi connectivity index (χ1v) is 6.05. The van der Waals surface area contributed by atoms with E-state index in [1.165, 1.54) is 6.20 Å². The van der Waals surface area contributed by atoms with E-state index in [2.05, 4.69) is 39.8 Å². The van der Waals surface area contributed by atoms with Gasteiger partial charge >= 0.3 is 0 Å². The van der Waals surface area contributed by atoms with Gasteiger partial charge in [-0.2, -0.15) is 10.5 Å². The summed E-state index contributed by atoms with van der Waals surface area (Å²) in [6.07, 6.45) is 1.43. The lowest BCUT2D eigenvalue weighted by Gasteiger charge is -2.10. The number of rotatable bonds is 4. The predicted molar refractivity (Wildman–Crippen MR) is 73.6 cm³/mol. The van der Waals surface area contributed by atoms with Crippen molar-refractivity contribution in [3.8, 4) is 11.8 Å². The number of H-pyrrole nitrogens is 1. The van der Waals surface area contributed by atoms with E-state index in [0.717, 1.165) is 5.56 Å². The Balaban J connectivity index is 2.26. The van der Waals surface area contributed by atoms with Crippen molar-refractivity contribution in [3.05, 3.63) is 35.8 Å². The molecule has 20 heavy (non-hydrogen) atoms. The third-order valence-corrected chi connectivity index (χ3v) is 2.77. The normalized spacial score (nSPS) is 11.4. The van der Waals surface area contributed by atoms with Gasteiger partial charge in [-0.25, -0.2) is 0 Å². The molecule has 0 amide bonds. The van der Waals surface area contributed by atoms with Crippen molar-refractivity contribution in [2.24, 2.45) is 0 Å². The standard InChI is InChI=1S/C13H14N6O/c1-8(2)9-3-4-12(20)11(5-9)15-7-10(6-14)13-16-18-19-17-13/h3-5,7-8,15,20H,1-2H3,(H,16,17,18,19). The number of nitrogens with one attached hydrogen (secondary N) is 2. The molecule has 0 aliphatic carbocycles. The van der Waals surface area contributed by atoms with Gasteiger partial charge in [0, 0.05) is 6.20 Å². The fourth-order valence-corrected chi connectivity index (χ4v) is 1.60. The Labute approximate surface area is 115 Å². The molecule has 7 heteroatoms. The maximum atomic E-state index is 9.81. The number of tetrazole rings is 1. The lowest BCUT2D eigenvalue weighted by atomic mass is 10.0. The molecule has 2 aromatic rings. The van der Waals surface area contributed by atoms with Crippen molar-refractivity contribution in [1.29, 1.82) is 5.26 Å². The van der Waals surface area contributed by atoms with Crippen molar-refractivity contribution >= 4 is 11.3 Å². The molecule has 7 nitrogen and oxygen atoms in total. The molecule has 0 atom stereocenters. The van der Waals surface area contributed by atoms with Crippen LogP contribution in [-0.2, 0) is 0 Å². The highest BCUT2D eigenvalue weighted by Crippen LogP contribution is 2.28. The van der Waals surface area contributed by atoms with Crippen LogP contribution in [0.4, 0.5) is 5.69 Å². The largest absolute Gasteiger partial charge is 0.506 e. The Morgan fingerprint density at radius 3 is 2.90 bits per heavy atom. The van der Waals surface area contributed by atoms with E-state index in [4.69, 9.17) is 5.26 Å². The Hall–Kier alpha value is -2.88. The number of benzene rings is 1. The molecule has 0 aliphatic heterocycles. The predicted octanol–water partition coefficient (Wildman–Crippen LogP) is 2.01. The summed E-state index contributed by atoms with van der Waals surface area (Å²) in [5, 5.41) is 34.9. The van der Waals surface area contributed by atoms with Crippen molar-refractivity contribution in [1.82, 2.24) is 20.6 Å². The zero-order valence-corrected chi connectivity index (χ0v) is 11.1. The van der Waals surface area contributed by atoms with Gasteiger partial charge in [0.15, 0.2) is 0 Å². The molecule has 102 valence electrons. The molecule has 1 heterocycles. The molecule has 0 unspecified atom stereocenters. The SMILES string of the molecule is CC(C)c1ccc(O)c(NC=C(C#N)c2nn[nH]n2)c1. The highest BCUT2D eigenvalue weighted by Gasteiger charge is 2.08. The smallest absolute Gasteiger partial charge is 0.216 e. The summed E-state index contributed by atoms with van der Waals surface area (Å²) in [5.74, 6) is 0.642. The molecule has 3 N–H and O–H groups in total. The summed E-state index contributed by atoms with van der Waals surface area (Å²) >= 11 is 0. The molecule has 0 fully saturated rings. The number of allylic oxidation sites excluding steroid dienone is 1. The van der Waals surface area contributed by atoms with Crippen LogP contribution in [-0.4, -0.2) is 25.7 Å². The van der Waals surface area contributed by atoms with Crippen molar-refractivity contribution in [3.63, 3.8) is 0 Å². The minimum Gasteiger partial charge on any atom is -0.506 e. The van der Waals surface area contributed by atoms with Crippen LogP contribution in [0.5, 0.6) is 5.75 Å². The molecule has 0 radical (unpaired) electrons. The maximum absolute atomic E-state index is 9.81. The second kappa shape index (κ2) is 5.84. The van der Waals surface area contributed by atoms with Gasteiger partial charge in [-0.3, -0.25) is 0 Å². The lowest BCUT2D eigenvalue weighted by molar-refractivity contribution is 0.477. The minimum absolute atomic E-state index is 0.107. The second-order valence-corrected chi connectivity index (χ2v) is 4.48. The number of nitrogens with zero attached hydrogens (tertiary/aromatic N) is 4. The molecular formula is C13H14N6O. The molecule has 1 aromatic heterocycles. The highest BCUT2D eigenvalue weighted by molar-refractivity contribution is 5.75. The van der Waals surface area contributed by atoms with E-state index >= 15 is 0 Å². The van der Waals surface area contributed by atoms with Crippen LogP contribution >= 0.6 is 0 Å². The second-order valence-electron chi connectivity index (χ2n) is 4.48. The minimum atomic E-state index is 0.107. The first-order valence-electron chi connectivity index (χ1n) is 6.05. The number of anilines is 1.